The van der Waals surface area contributed by atoms with E-state index in [-0.39, 0.29) is 17.6 Å². The summed E-state index contributed by atoms with van der Waals surface area (Å²) >= 11 is 1.34. The number of ether oxygens (including phenoxy) is 2. The molecular weight excluding hydrogens is 406 g/mol. The van der Waals surface area contributed by atoms with Crippen LogP contribution >= 0.6 is 11.8 Å². The van der Waals surface area contributed by atoms with E-state index in [1.54, 1.807) is 49.4 Å². The van der Waals surface area contributed by atoms with E-state index in [2.05, 4.69) is 15.8 Å². The predicted octanol–water partition coefficient (Wildman–Crippen LogP) is 3.98. The van der Waals surface area contributed by atoms with Crippen LogP contribution in [0.5, 0.6) is 11.5 Å². The van der Waals surface area contributed by atoms with Gasteiger partial charge >= 0.3 is 0 Å². The van der Waals surface area contributed by atoms with Crippen LogP contribution in [-0.2, 0) is 4.79 Å². The minimum Gasteiger partial charge on any atom is -0.496 e. The molecule has 9 heteroatoms. The summed E-state index contributed by atoms with van der Waals surface area (Å²) in [6, 6.07) is 14.0. The fraction of sp³-hybridized carbons (Fsp3) is 0.190. The molecule has 0 radical (unpaired) electrons. The molecule has 0 atom stereocenters. The maximum Gasteiger partial charge on any atom is 0.263 e. The van der Waals surface area contributed by atoms with Crippen LogP contribution in [0.4, 0.5) is 11.5 Å². The molecule has 156 valence electrons. The van der Waals surface area contributed by atoms with Crippen molar-refractivity contribution in [2.45, 2.75) is 11.8 Å². The smallest absolute Gasteiger partial charge is 0.263 e. The zero-order valence-electron chi connectivity index (χ0n) is 16.7. The molecular formula is C21H21N3O5S. The zero-order valence-corrected chi connectivity index (χ0v) is 17.5. The number of amides is 2. The molecule has 0 bridgehead atoms. The number of nitrogens with zero attached hydrogens (tertiary/aromatic N) is 1. The Balaban J connectivity index is 1.64. The highest BCUT2D eigenvalue weighted by Crippen LogP contribution is 2.29. The van der Waals surface area contributed by atoms with Crippen molar-refractivity contribution in [1.29, 1.82) is 0 Å². The number of carbonyl (C=O) groups excluding carboxylic acids is 2. The Bertz CT molecular complexity index is 1030. The molecule has 8 nitrogen and oxygen atoms in total. The van der Waals surface area contributed by atoms with Gasteiger partial charge in [0.1, 0.15) is 22.8 Å². The Morgan fingerprint density at radius 3 is 2.37 bits per heavy atom. The maximum atomic E-state index is 12.8. The Labute approximate surface area is 177 Å². The van der Waals surface area contributed by atoms with Gasteiger partial charge in [0, 0.05) is 16.6 Å². The van der Waals surface area contributed by atoms with E-state index >= 15 is 0 Å². The van der Waals surface area contributed by atoms with Gasteiger partial charge in [0.25, 0.3) is 5.91 Å². The van der Waals surface area contributed by atoms with E-state index in [9.17, 15) is 9.59 Å². The Kier molecular flexibility index (Phi) is 6.97. The average Bonchev–Trinajstić information content (AvgIpc) is 3.16. The normalized spacial score (nSPS) is 10.4. The number of aryl methyl sites for hydroxylation is 1. The average molecular weight is 427 g/mol. The number of hydrogen-bond acceptors (Lipinski definition) is 7. The van der Waals surface area contributed by atoms with Gasteiger partial charge in [0.05, 0.1) is 20.0 Å². The second-order valence-corrected chi connectivity index (χ2v) is 7.23. The Hall–Kier alpha value is -3.46. The molecule has 0 saturated heterocycles. The molecule has 0 unspecified atom stereocenters. The van der Waals surface area contributed by atoms with Gasteiger partial charge in [0.2, 0.25) is 5.91 Å². The fourth-order valence-corrected chi connectivity index (χ4v) is 3.44. The van der Waals surface area contributed by atoms with Gasteiger partial charge < -0.3 is 24.6 Å². The standard InChI is InChI=1S/C21H21N3O5S/c1-13-10-18(24-29-13)23-19(25)12-30-15-7-4-6-14(11-15)22-21(26)20-16(27-2)8-5-9-17(20)28-3/h4-11H,12H2,1-3H3,(H,22,26)(H,23,24,25). The highest BCUT2D eigenvalue weighted by molar-refractivity contribution is 8.00. The molecule has 3 rings (SSSR count). The van der Waals surface area contributed by atoms with Crippen LogP contribution in [0.25, 0.3) is 0 Å². The van der Waals surface area contributed by atoms with Gasteiger partial charge in [-0.2, -0.15) is 0 Å². The van der Waals surface area contributed by atoms with Crippen LogP contribution in [0.1, 0.15) is 16.1 Å². The third-order valence-corrected chi connectivity index (χ3v) is 5.01. The largest absolute Gasteiger partial charge is 0.496 e. The predicted molar refractivity (Wildman–Crippen MR) is 115 cm³/mol. The molecule has 2 aromatic carbocycles. The van der Waals surface area contributed by atoms with Crippen molar-refractivity contribution in [3.63, 3.8) is 0 Å². The highest BCUT2D eigenvalue weighted by Gasteiger charge is 2.18. The molecule has 0 aliphatic carbocycles. The summed E-state index contributed by atoms with van der Waals surface area (Å²) in [6.07, 6.45) is 0. The van der Waals surface area contributed by atoms with Crippen molar-refractivity contribution in [3.05, 3.63) is 59.9 Å². The molecule has 1 aromatic heterocycles. The van der Waals surface area contributed by atoms with Crippen LogP contribution in [0.2, 0.25) is 0 Å². The maximum absolute atomic E-state index is 12.8. The minimum atomic E-state index is -0.356. The Morgan fingerprint density at radius 1 is 1.03 bits per heavy atom. The number of hydrogen-bond donors (Lipinski definition) is 2. The number of thioether (sulfide) groups is 1. The van der Waals surface area contributed by atoms with Crippen LogP contribution < -0.4 is 20.1 Å². The highest BCUT2D eigenvalue weighted by atomic mass is 32.2. The molecule has 1 heterocycles. The van der Waals surface area contributed by atoms with Gasteiger partial charge in [0.15, 0.2) is 5.82 Å². The molecule has 0 saturated carbocycles. The lowest BCUT2D eigenvalue weighted by atomic mass is 10.1. The summed E-state index contributed by atoms with van der Waals surface area (Å²) in [4.78, 5) is 25.7. The molecule has 0 aliphatic heterocycles. The summed E-state index contributed by atoms with van der Waals surface area (Å²) in [6.45, 7) is 1.75. The van der Waals surface area contributed by atoms with E-state index in [0.29, 0.717) is 34.3 Å². The van der Waals surface area contributed by atoms with E-state index in [1.165, 1.54) is 26.0 Å². The van der Waals surface area contributed by atoms with Crippen molar-refractivity contribution in [3.8, 4) is 11.5 Å². The summed E-state index contributed by atoms with van der Waals surface area (Å²) < 4.78 is 15.5. The molecule has 2 N–H and O–H groups in total. The number of nitrogens with one attached hydrogen (secondary N) is 2. The van der Waals surface area contributed by atoms with Gasteiger partial charge in [-0.1, -0.05) is 17.3 Å². The fourth-order valence-electron chi connectivity index (χ4n) is 2.69. The van der Waals surface area contributed by atoms with Crippen LogP contribution in [0, 0.1) is 6.92 Å². The molecule has 0 aliphatic rings. The lowest BCUT2D eigenvalue weighted by Crippen LogP contribution is -2.15. The Morgan fingerprint density at radius 2 is 1.73 bits per heavy atom. The van der Waals surface area contributed by atoms with Crippen LogP contribution in [0.3, 0.4) is 0 Å². The van der Waals surface area contributed by atoms with Gasteiger partial charge in [-0.15, -0.1) is 11.8 Å². The molecule has 2 amide bonds. The number of methoxy groups -OCH3 is 2. The number of aromatic nitrogens is 1. The van der Waals surface area contributed by atoms with Crippen molar-refractivity contribution < 1.29 is 23.6 Å². The van der Waals surface area contributed by atoms with Gasteiger partial charge in [-0.25, -0.2) is 0 Å². The minimum absolute atomic E-state index is 0.184. The summed E-state index contributed by atoms with van der Waals surface area (Å²) in [5.74, 6) is 1.45. The third-order valence-electron chi connectivity index (χ3n) is 4.01. The SMILES string of the molecule is COc1cccc(OC)c1C(=O)Nc1cccc(SCC(=O)Nc2cc(C)on2)c1. The molecule has 30 heavy (non-hydrogen) atoms. The first-order valence-corrected chi connectivity index (χ1v) is 9.97. The second kappa shape index (κ2) is 9.84. The van der Waals surface area contributed by atoms with Crippen molar-refractivity contribution in [2.75, 3.05) is 30.6 Å². The van der Waals surface area contributed by atoms with Crippen LogP contribution in [-0.4, -0.2) is 36.9 Å². The second-order valence-electron chi connectivity index (χ2n) is 6.18. The number of carbonyl (C=O) groups is 2. The van der Waals surface area contributed by atoms with Crippen molar-refractivity contribution >= 4 is 35.1 Å². The third kappa shape index (κ3) is 5.32. The topological polar surface area (TPSA) is 103 Å². The molecule has 0 fully saturated rings. The zero-order chi connectivity index (χ0) is 21.5. The first-order valence-electron chi connectivity index (χ1n) is 8.98. The van der Waals surface area contributed by atoms with Crippen molar-refractivity contribution in [1.82, 2.24) is 5.16 Å². The summed E-state index contributed by atoms with van der Waals surface area (Å²) in [5, 5.41) is 9.24. The lowest BCUT2D eigenvalue weighted by molar-refractivity contribution is -0.113. The number of benzene rings is 2. The summed E-state index contributed by atoms with van der Waals surface area (Å²) in [7, 11) is 2.99. The van der Waals surface area contributed by atoms with E-state index in [1.807, 2.05) is 6.07 Å². The van der Waals surface area contributed by atoms with Crippen LogP contribution in [0.15, 0.2) is 57.9 Å². The van der Waals surface area contributed by atoms with Gasteiger partial charge in [-0.05, 0) is 37.3 Å². The van der Waals surface area contributed by atoms with Gasteiger partial charge in [-0.3, -0.25) is 9.59 Å². The van der Waals surface area contributed by atoms with Crippen molar-refractivity contribution in [2.24, 2.45) is 0 Å². The lowest BCUT2D eigenvalue weighted by Gasteiger charge is -2.13. The first-order chi connectivity index (χ1) is 14.5. The number of rotatable bonds is 8. The summed E-state index contributed by atoms with van der Waals surface area (Å²) in [5.41, 5.74) is 0.897. The number of anilines is 2. The van der Waals surface area contributed by atoms with E-state index in [4.69, 9.17) is 14.0 Å². The molecule has 0 spiro atoms. The quantitative estimate of drug-likeness (QED) is 0.524. The molecule has 3 aromatic rings. The van der Waals surface area contributed by atoms with E-state index < -0.39 is 0 Å². The first kappa shape index (κ1) is 21.3. The van der Waals surface area contributed by atoms with E-state index in [0.717, 1.165) is 4.90 Å². The monoisotopic (exact) mass is 427 g/mol.